The van der Waals surface area contributed by atoms with Crippen molar-refractivity contribution in [3.63, 3.8) is 0 Å². The van der Waals surface area contributed by atoms with Crippen LogP contribution in [0.25, 0.3) is 0 Å². The summed E-state index contributed by atoms with van der Waals surface area (Å²) < 4.78 is 5.04. The Morgan fingerprint density at radius 2 is 2.40 bits per heavy atom. The van der Waals surface area contributed by atoms with Crippen molar-refractivity contribution in [3.8, 4) is 0 Å². The van der Waals surface area contributed by atoms with Crippen molar-refractivity contribution >= 4 is 11.3 Å². The van der Waals surface area contributed by atoms with E-state index in [0.717, 1.165) is 19.6 Å². The minimum Gasteiger partial charge on any atom is -0.385 e. The van der Waals surface area contributed by atoms with Gasteiger partial charge in [0.15, 0.2) is 0 Å². The Bertz CT molecular complexity index is 251. The number of hydrogen-bond donors (Lipinski definition) is 1. The first-order chi connectivity index (χ1) is 7.29. The molecular weight excluding hydrogens is 208 g/mol. The van der Waals surface area contributed by atoms with Crippen molar-refractivity contribution in [1.29, 1.82) is 0 Å². The van der Waals surface area contributed by atoms with E-state index in [9.17, 15) is 0 Å². The highest BCUT2D eigenvalue weighted by molar-refractivity contribution is 7.10. The Kier molecular flexibility index (Phi) is 5.86. The second-order valence-corrected chi connectivity index (χ2v) is 4.57. The van der Waals surface area contributed by atoms with Crippen LogP contribution in [-0.4, -0.2) is 38.8 Å². The molecular formula is C11H20N2OS. The fraction of sp³-hybridized carbons (Fsp3) is 0.636. The van der Waals surface area contributed by atoms with Crippen LogP contribution in [0, 0.1) is 0 Å². The van der Waals surface area contributed by atoms with Gasteiger partial charge in [0.05, 0.1) is 6.04 Å². The molecule has 0 aromatic carbocycles. The van der Waals surface area contributed by atoms with Gasteiger partial charge in [-0.3, -0.25) is 4.90 Å². The lowest BCUT2D eigenvalue weighted by Gasteiger charge is -2.25. The number of methoxy groups -OCH3 is 1. The summed E-state index contributed by atoms with van der Waals surface area (Å²) in [6.45, 7) is 2.50. The van der Waals surface area contributed by atoms with Crippen molar-refractivity contribution in [2.75, 3.05) is 33.9 Å². The number of hydrogen-bond acceptors (Lipinski definition) is 4. The van der Waals surface area contributed by atoms with E-state index in [4.69, 9.17) is 10.5 Å². The van der Waals surface area contributed by atoms with E-state index >= 15 is 0 Å². The summed E-state index contributed by atoms with van der Waals surface area (Å²) in [5.41, 5.74) is 5.80. The van der Waals surface area contributed by atoms with Gasteiger partial charge in [-0.25, -0.2) is 0 Å². The quantitative estimate of drug-likeness (QED) is 0.722. The van der Waals surface area contributed by atoms with Gasteiger partial charge in [-0.1, -0.05) is 6.07 Å². The predicted molar refractivity (Wildman–Crippen MR) is 65.2 cm³/mol. The van der Waals surface area contributed by atoms with Crippen LogP contribution >= 0.6 is 11.3 Å². The van der Waals surface area contributed by atoms with Crippen LogP contribution in [0.15, 0.2) is 17.5 Å². The standard InChI is InChI=1S/C11H20N2OS/c1-13(6-4-7-14-2)10(9-12)11-5-3-8-15-11/h3,5,8,10H,4,6-7,9,12H2,1-2H3. The van der Waals surface area contributed by atoms with Crippen LogP contribution in [0.3, 0.4) is 0 Å². The van der Waals surface area contributed by atoms with Crippen LogP contribution < -0.4 is 5.73 Å². The van der Waals surface area contributed by atoms with E-state index in [0.29, 0.717) is 12.6 Å². The van der Waals surface area contributed by atoms with Crippen molar-refractivity contribution in [2.45, 2.75) is 12.5 Å². The number of ether oxygens (including phenoxy) is 1. The normalized spacial score (nSPS) is 13.3. The molecule has 1 unspecified atom stereocenters. The molecule has 0 saturated carbocycles. The van der Waals surface area contributed by atoms with E-state index in [1.165, 1.54) is 4.88 Å². The smallest absolute Gasteiger partial charge is 0.0561 e. The summed E-state index contributed by atoms with van der Waals surface area (Å²) in [6.07, 6.45) is 1.05. The highest BCUT2D eigenvalue weighted by atomic mass is 32.1. The number of thiophene rings is 1. The first-order valence-corrected chi connectivity index (χ1v) is 6.10. The molecule has 0 spiro atoms. The van der Waals surface area contributed by atoms with Crippen LogP contribution in [0.1, 0.15) is 17.3 Å². The zero-order valence-corrected chi connectivity index (χ0v) is 10.3. The Labute approximate surface area is 95.8 Å². The van der Waals surface area contributed by atoms with Gasteiger partial charge < -0.3 is 10.5 Å². The van der Waals surface area contributed by atoms with Crippen LogP contribution in [0.5, 0.6) is 0 Å². The summed E-state index contributed by atoms with van der Waals surface area (Å²) in [5, 5.41) is 2.10. The number of nitrogens with zero attached hydrogens (tertiary/aromatic N) is 1. The monoisotopic (exact) mass is 228 g/mol. The maximum Gasteiger partial charge on any atom is 0.0561 e. The maximum atomic E-state index is 5.80. The summed E-state index contributed by atoms with van der Waals surface area (Å²) >= 11 is 1.77. The largest absolute Gasteiger partial charge is 0.385 e. The molecule has 15 heavy (non-hydrogen) atoms. The molecule has 1 atom stereocenters. The Morgan fingerprint density at radius 3 is 2.93 bits per heavy atom. The van der Waals surface area contributed by atoms with Gasteiger partial charge in [-0.05, 0) is 24.9 Å². The third-order valence-electron chi connectivity index (χ3n) is 2.49. The fourth-order valence-electron chi connectivity index (χ4n) is 1.61. The molecule has 2 N–H and O–H groups in total. The van der Waals surface area contributed by atoms with Crippen molar-refractivity contribution < 1.29 is 4.74 Å². The lowest BCUT2D eigenvalue weighted by Crippen LogP contribution is -2.31. The minimum atomic E-state index is 0.349. The summed E-state index contributed by atoms with van der Waals surface area (Å²) in [7, 11) is 3.85. The van der Waals surface area contributed by atoms with Gasteiger partial charge in [0.1, 0.15) is 0 Å². The van der Waals surface area contributed by atoms with E-state index in [1.54, 1.807) is 18.4 Å². The zero-order valence-electron chi connectivity index (χ0n) is 9.48. The molecule has 86 valence electrons. The second kappa shape index (κ2) is 6.95. The fourth-order valence-corrected chi connectivity index (χ4v) is 2.51. The number of likely N-dealkylation sites (N-methyl/N-ethyl adjacent to an activating group) is 1. The molecule has 1 aromatic heterocycles. The molecule has 0 saturated heterocycles. The molecule has 0 aliphatic heterocycles. The molecule has 3 nitrogen and oxygen atoms in total. The highest BCUT2D eigenvalue weighted by Gasteiger charge is 2.15. The van der Waals surface area contributed by atoms with Crippen molar-refractivity contribution in [3.05, 3.63) is 22.4 Å². The third kappa shape index (κ3) is 3.91. The summed E-state index contributed by atoms with van der Waals surface area (Å²) in [5.74, 6) is 0. The first-order valence-electron chi connectivity index (χ1n) is 5.22. The average Bonchev–Trinajstić information content (AvgIpc) is 2.73. The molecule has 1 rings (SSSR count). The van der Waals surface area contributed by atoms with Crippen LogP contribution in [0.2, 0.25) is 0 Å². The van der Waals surface area contributed by atoms with E-state index in [2.05, 4.69) is 29.5 Å². The topological polar surface area (TPSA) is 38.5 Å². The van der Waals surface area contributed by atoms with Gasteiger partial charge in [0, 0.05) is 31.7 Å². The van der Waals surface area contributed by atoms with Crippen LogP contribution in [-0.2, 0) is 4.74 Å². The minimum absolute atomic E-state index is 0.349. The molecule has 0 aliphatic rings. The third-order valence-corrected chi connectivity index (χ3v) is 3.46. The highest BCUT2D eigenvalue weighted by Crippen LogP contribution is 2.22. The van der Waals surface area contributed by atoms with E-state index in [1.807, 2.05) is 0 Å². The van der Waals surface area contributed by atoms with E-state index in [-0.39, 0.29) is 0 Å². The molecule has 0 radical (unpaired) electrons. The number of nitrogens with two attached hydrogens (primary N) is 1. The molecule has 4 heteroatoms. The first kappa shape index (κ1) is 12.6. The van der Waals surface area contributed by atoms with Gasteiger partial charge >= 0.3 is 0 Å². The van der Waals surface area contributed by atoms with Gasteiger partial charge in [0.2, 0.25) is 0 Å². The molecule has 1 heterocycles. The molecule has 0 fully saturated rings. The summed E-state index contributed by atoms with van der Waals surface area (Å²) in [6, 6.07) is 4.57. The lowest BCUT2D eigenvalue weighted by atomic mass is 10.2. The second-order valence-electron chi connectivity index (χ2n) is 3.59. The zero-order chi connectivity index (χ0) is 11.1. The Morgan fingerprint density at radius 1 is 1.60 bits per heavy atom. The van der Waals surface area contributed by atoms with Gasteiger partial charge in [-0.15, -0.1) is 11.3 Å². The Balaban J connectivity index is 2.44. The Hall–Kier alpha value is -0.420. The molecule has 0 amide bonds. The lowest BCUT2D eigenvalue weighted by molar-refractivity contribution is 0.167. The summed E-state index contributed by atoms with van der Waals surface area (Å²) in [4.78, 5) is 3.64. The van der Waals surface area contributed by atoms with E-state index < -0.39 is 0 Å². The maximum absolute atomic E-state index is 5.80. The predicted octanol–water partition coefficient (Wildman–Crippen LogP) is 1.72. The molecule has 1 aromatic rings. The van der Waals surface area contributed by atoms with Gasteiger partial charge in [-0.2, -0.15) is 0 Å². The average molecular weight is 228 g/mol. The van der Waals surface area contributed by atoms with Crippen molar-refractivity contribution in [1.82, 2.24) is 4.90 Å². The van der Waals surface area contributed by atoms with Crippen molar-refractivity contribution in [2.24, 2.45) is 5.73 Å². The molecule has 0 bridgehead atoms. The number of rotatable bonds is 7. The molecule has 0 aliphatic carbocycles. The van der Waals surface area contributed by atoms with Crippen LogP contribution in [0.4, 0.5) is 0 Å². The SMILES string of the molecule is COCCCN(C)C(CN)c1cccs1. The van der Waals surface area contributed by atoms with Gasteiger partial charge in [0.25, 0.3) is 0 Å².